The maximum absolute atomic E-state index is 12.6. The van der Waals surface area contributed by atoms with Gasteiger partial charge in [-0.15, -0.1) is 0 Å². The minimum Gasteiger partial charge on any atom is -0.497 e. The normalized spacial score (nSPS) is 18.3. The molecular formula is C21H18O8. The Morgan fingerprint density at radius 1 is 1.10 bits per heavy atom. The highest BCUT2D eigenvalue weighted by molar-refractivity contribution is 6.06. The van der Waals surface area contributed by atoms with Gasteiger partial charge in [0.15, 0.2) is 23.9 Å². The molecule has 0 unspecified atom stereocenters. The van der Waals surface area contributed by atoms with Crippen LogP contribution in [0.3, 0.4) is 0 Å². The average molecular weight is 398 g/mol. The Labute approximate surface area is 166 Å². The number of carbonyl (C=O) groups is 3. The first-order chi connectivity index (χ1) is 14.0. The number of ketones is 1. The van der Waals surface area contributed by atoms with E-state index in [1.54, 1.807) is 30.3 Å². The first kappa shape index (κ1) is 18.8. The van der Waals surface area contributed by atoms with Crippen LogP contribution in [-0.2, 0) is 19.1 Å². The molecule has 2 aromatic rings. The molecule has 1 fully saturated rings. The van der Waals surface area contributed by atoms with E-state index in [1.165, 1.54) is 20.1 Å². The molecule has 0 amide bonds. The lowest BCUT2D eigenvalue weighted by Gasteiger charge is -2.24. The fraction of sp³-hybridized carbons (Fsp3) is 0.286. The van der Waals surface area contributed by atoms with Crippen LogP contribution >= 0.6 is 0 Å². The molecule has 0 N–H and O–H groups in total. The summed E-state index contributed by atoms with van der Waals surface area (Å²) < 4.78 is 26.5. The van der Waals surface area contributed by atoms with E-state index in [4.69, 9.17) is 23.7 Å². The number of rotatable bonds is 5. The van der Waals surface area contributed by atoms with Gasteiger partial charge in [0, 0.05) is 24.5 Å². The lowest BCUT2D eigenvalue weighted by molar-refractivity contribution is -0.141. The summed E-state index contributed by atoms with van der Waals surface area (Å²) in [7, 11) is 1.52. The summed E-state index contributed by atoms with van der Waals surface area (Å²) in [5, 5.41) is 0. The van der Waals surface area contributed by atoms with Crippen LogP contribution in [0.15, 0.2) is 36.4 Å². The molecule has 2 heterocycles. The van der Waals surface area contributed by atoms with Gasteiger partial charge in [-0.25, -0.2) is 0 Å². The Bertz CT molecular complexity index is 980. The van der Waals surface area contributed by atoms with Crippen LogP contribution in [0.25, 0.3) is 0 Å². The Morgan fingerprint density at radius 2 is 1.86 bits per heavy atom. The van der Waals surface area contributed by atoms with Gasteiger partial charge in [0.1, 0.15) is 17.4 Å². The number of fused-ring (bicyclic) bond motifs is 1. The molecule has 0 aliphatic carbocycles. The number of cyclic esters (lactones) is 1. The average Bonchev–Trinajstić information content (AvgIpc) is 3.29. The van der Waals surface area contributed by atoms with Gasteiger partial charge in [-0.05, 0) is 23.8 Å². The Morgan fingerprint density at radius 3 is 2.52 bits per heavy atom. The van der Waals surface area contributed by atoms with Crippen molar-refractivity contribution in [1.82, 2.24) is 0 Å². The molecule has 0 radical (unpaired) electrons. The third-order valence-electron chi connectivity index (χ3n) is 4.84. The second-order valence-corrected chi connectivity index (χ2v) is 6.64. The second kappa shape index (κ2) is 7.46. The maximum atomic E-state index is 12.6. The van der Waals surface area contributed by atoms with E-state index in [0.717, 1.165) is 0 Å². The summed E-state index contributed by atoms with van der Waals surface area (Å²) in [5.74, 6) is -1.80. The number of carbonyl (C=O) groups excluding carboxylic acids is 3. The van der Waals surface area contributed by atoms with Crippen LogP contribution in [0, 0.1) is 5.92 Å². The zero-order valence-corrected chi connectivity index (χ0v) is 15.8. The molecule has 2 aromatic carbocycles. The summed E-state index contributed by atoms with van der Waals surface area (Å²) in [6, 6.07) is 10.2. The molecule has 1 saturated heterocycles. The van der Waals surface area contributed by atoms with Gasteiger partial charge in [-0.2, -0.15) is 0 Å². The Hall–Kier alpha value is -3.55. The van der Waals surface area contributed by atoms with Crippen molar-refractivity contribution in [3.8, 4) is 23.0 Å². The summed E-state index contributed by atoms with van der Waals surface area (Å²) in [4.78, 5) is 36.7. The molecule has 4 rings (SSSR count). The molecule has 2 aliphatic heterocycles. The van der Waals surface area contributed by atoms with Crippen LogP contribution in [-0.4, -0.2) is 38.2 Å². The summed E-state index contributed by atoms with van der Waals surface area (Å²) >= 11 is 0. The van der Waals surface area contributed by atoms with Gasteiger partial charge in [0.2, 0.25) is 6.79 Å². The molecule has 0 spiro atoms. The molecule has 0 bridgehead atoms. The molecule has 0 saturated carbocycles. The number of hydrogen-bond donors (Lipinski definition) is 0. The summed E-state index contributed by atoms with van der Waals surface area (Å²) in [6.45, 7) is 0.994. The quantitative estimate of drug-likeness (QED) is 0.430. The fourth-order valence-corrected chi connectivity index (χ4v) is 3.59. The van der Waals surface area contributed by atoms with Crippen LogP contribution in [0.4, 0.5) is 0 Å². The number of methoxy groups -OCH3 is 1. The van der Waals surface area contributed by atoms with Gasteiger partial charge < -0.3 is 23.7 Å². The van der Waals surface area contributed by atoms with Gasteiger partial charge in [-0.3, -0.25) is 14.4 Å². The number of ether oxygens (including phenoxy) is 5. The van der Waals surface area contributed by atoms with E-state index < -0.39 is 23.8 Å². The topological polar surface area (TPSA) is 97.4 Å². The van der Waals surface area contributed by atoms with Gasteiger partial charge in [0.05, 0.1) is 7.11 Å². The highest BCUT2D eigenvalue weighted by Crippen LogP contribution is 2.46. The molecule has 150 valence electrons. The molecule has 8 nitrogen and oxygen atoms in total. The van der Waals surface area contributed by atoms with Gasteiger partial charge in [-0.1, -0.05) is 12.1 Å². The van der Waals surface area contributed by atoms with Gasteiger partial charge >= 0.3 is 11.9 Å². The van der Waals surface area contributed by atoms with Crippen LogP contribution in [0.5, 0.6) is 23.0 Å². The van der Waals surface area contributed by atoms with Crippen molar-refractivity contribution < 1.29 is 38.1 Å². The zero-order chi connectivity index (χ0) is 20.5. The zero-order valence-electron chi connectivity index (χ0n) is 15.8. The Kier molecular flexibility index (Phi) is 4.84. The fourth-order valence-electron chi connectivity index (χ4n) is 3.59. The predicted octanol–water partition coefficient (Wildman–Crippen LogP) is 2.22. The summed E-state index contributed by atoms with van der Waals surface area (Å²) in [5.41, 5.74) is 1.07. The highest BCUT2D eigenvalue weighted by Gasteiger charge is 2.44. The minimum absolute atomic E-state index is 0.0204. The number of benzene rings is 2. The monoisotopic (exact) mass is 398 g/mol. The van der Waals surface area contributed by atoms with Crippen molar-refractivity contribution in [2.45, 2.75) is 12.8 Å². The van der Waals surface area contributed by atoms with Crippen LogP contribution in [0.2, 0.25) is 0 Å². The van der Waals surface area contributed by atoms with Crippen molar-refractivity contribution in [2.75, 3.05) is 20.5 Å². The van der Waals surface area contributed by atoms with Crippen molar-refractivity contribution in [1.29, 1.82) is 0 Å². The van der Waals surface area contributed by atoms with Gasteiger partial charge in [0.25, 0.3) is 0 Å². The molecular weight excluding hydrogens is 380 g/mol. The van der Waals surface area contributed by atoms with E-state index in [-0.39, 0.29) is 24.9 Å². The molecule has 2 atom stereocenters. The smallest absolute Gasteiger partial charge is 0.318 e. The van der Waals surface area contributed by atoms with Crippen molar-refractivity contribution in [3.63, 3.8) is 0 Å². The molecule has 2 aliphatic rings. The standard InChI is InChI=1S/C21H18O8/c1-11(22)29-16-8-18-17(27-10-28-18)7-14(16)19(20-15(23)9-26-21(20)24)12-4-3-5-13(6-12)25-2/h3-8,19-20H,9-10H2,1-2H3/t19-,20+/m0/s1. The SMILES string of the molecule is COc1cccc([C@@H](c2cc3c(cc2OC(C)=O)OCO3)[C@H]2C(=O)COC2=O)c1. The van der Waals surface area contributed by atoms with E-state index in [1.807, 2.05) is 0 Å². The molecule has 8 heteroatoms. The highest BCUT2D eigenvalue weighted by atomic mass is 16.7. The van der Waals surface area contributed by atoms with E-state index in [2.05, 4.69) is 0 Å². The number of hydrogen-bond acceptors (Lipinski definition) is 8. The third-order valence-corrected chi connectivity index (χ3v) is 4.84. The lowest BCUT2D eigenvalue weighted by atomic mass is 9.79. The van der Waals surface area contributed by atoms with Crippen molar-refractivity contribution in [2.24, 2.45) is 5.92 Å². The third kappa shape index (κ3) is 3.49. The first-order valence-corrected chi connectivity index (χ1v) is 8.93. The predicted molar refractivity (Wildman–Crippen MR) is 98.2 cm³/mol. The van der Waals surface area contributed by atoms with E-state index in [0.29, 0.717) is 28.4 Å². The largest absolute Gasteiger partial charge is 0.497 e. The second-order valence-electron chi connectivity index (χ2n) is 6.64. The number of Topliss-reactive ketones (excluding diaryl/α,β-unsaturated/α-hetero) is 1. The number of esters is 2. The van der Waals surface area contributed by atoms with Crippen LogP contribution in [0.1, 0.15) is 24.0 Å². The Balaban J connectivity index is 1.92. The first-order valence-electron chi connectivity index (χ1n) is 8.93. The maximum Gasteiger partial charge on any atom is 0.318 e. The van der Waals surface area contributed by atoms with Crippen molar-refractivity contribution in [3.05, 3.63) is 47.5 Å². The summed E-state index contributed by atoms with van der Waals surface area (Å²) in [6.07, 6.45) is 0. The van der Waals surface area contributed by atoms with Crippen LogP contribution < -0.4 is 18.9 Å². The van der Waals surface area contributed by atoms with E-state index >= 15 is 0 Å². The minimum atomic E-state index is -1.09. The van der Waals surface area contributed by atoms with E-state index in [9.17, 15) is 14.4 Å². The molecule has 29 heavy (non-hydrogen) atoms. The van der Waals surface area contributed by atoms with Crippen molar-refractivity contribution >= 4 is 17.7 Å². The molecule has 0 aromatic heterocycles. The lowest BCUT2D eigenvalue weighted by Crippen LogP contribution is -2.26.